The van der Waals surface area contributed by atoms with Gasteiger partial charge in [-0.25, -0.2) is 9.29 Å². The predicted octanol–water partition coefficient (Wildman–Crippen LogP) is 3.33. The second kappa shape index (κ2) is 7.79. The molecule has 0 spiro atoms. The van der Waals surface area contributed by atoms with Gasteiger partial charge < -0.3 is 10.0 Å². The monoisotopic (exact) mass is 396 g/mol. The molecular weight excluding hydrogens is 371 g/mol. The van der Waals surface area contributed by atoms with Crippen LogP contribution in [0.1, 0.15) is 31.9 Å². The highest BCUT2D eigenvalue weighted by molar-refractivity contribution is 6.45. The van der Waals surface area contributed by atoms with Crippen molar-refractivity contribution < 1.29 is 19.1 Å². The van der Waals surface area contributed by atoms with Gasteiger partial charge in [-0.3, -0.25) is 9.59 Å². The first kappa shape index (κ1) is 20.7. The molecule has 1 aliphatic heterocycles. The minimum Gasteiger partial charge on any atom is -0.395 e. The van der Waals surface area contributed by atoms with E-state index in [4.69, 9.17) is 0 Å². The smallest absolute Gasteiger partial charge is 0.282 e. The van der Waals surface area contributed by atoms with Crippen LogP contribution < -0.4 is 4.90 Å². The number of likely N-dealkylation sites (N-methyl/N-ethyl adjacent to an activating group) is 1. The molecule has 2 amide bonds. The Labute approximate surface area is 170 Å². The normalized spacial score (nSPS) is 14.8. The van der Waals surface area contributed by atoms with Crippen molar-refractivity contribution >= 4 is 23.1 Å². The molecule has 5 nitrogen and oxygen atoms in total. The minimum absolute atomic E-state index is 0.0540. The van der Waals surface area contributed by atoms with Crippen molar-refractivity contribution in [3.05, 3.63) is 71.2 Å². The molecule has 152 valence electrons. The predicted molar refractivity (Wildman–Crippen MR) is 111 cm³/mol. The number of halogens is 1. The molecule has 0 saturated carbocycles. The summed E-state index contributed by atoms with van der Waals surface area (Å²) >= 11 is 0. The molecule has 0 unspecified atom stereocenters. The van der Waals surface area contributed by atoms with Gasteiger partial charge in [0.25, 0.3) is 11.8 Å². The number of aliphatic hydroxyl groups excluding tert-OH is 1. The summed E-state index contributed by atoms with van der Waals surface area (Å²) in [5, 5.41) is 9.31. The first-order valence-corrected chi connectivity index (χ1v) is 9.46. The summed E-state index contributed by atoms with van der Waals surface area (Å²) in [6.07, 6.45) is 0. The van der Waals surface area contributed by atoms with Crippen molar-refractivity contribution in [3.63, 3.8) is 0 Å². The quantitative estimate of drug-likeness (QED) is 0.788. The topological polar surface area (TPSA) is 60.9 Å². The lowest BCUT2D eigenvalue weighted by molar-refractivity contribution is -0.120. The number of rotatable bonds is 5. The fraction of sp³-hybridized carbons (Fsp3) is 0.304. The van der Waals surface area contributed by atoms with Crippen LogP contribution in [0.5, 0.6) is 0 Å². The Morgan fingerprint density at radius 1 is 0.966 bits per heavy atom. The fourth-order valence-corrected chi connectivity index (χ4v) is 3.36. The number of nitrogens with zero attached hydrogens (tertiary/aromatic N) is 2. The van der Waals surface area contributed by atoms with E-state index in [-0.39, 0.29) is 29.8 Å². The Morgan fingerprint density at radius 2 is 1.55 bits per heavy atom. The highest BCUT2D eigenvalue weighted by atomic mass is 19.1. The van der Waals surface area contributed by atoms with Crippen molar-refractivity contribution in [2.75, 3.05) is 25.1 Å². The summed E-state index contributed by atoms with van der Waals surface area (Å²) in [6.45, 7) is 6.28. The molecule has 1 heterocycles. The lowest BCUT2D eigenvalue weighted by atomic mass is 9.87. The summed E-state index contributed by atoms with van der Waals surface area (Å²) in [6, 6.07) is 12.8. The number of imide groups is 1. The third kappa shape index (κ3) is 3.93. The number of carbonyl (C=O) groups is 2. The van der Waals surface area contributed by atoms with Crippen LogP contribution in [-0.4, -0.2) is 42.0 Å². The van der Waals surface area contributed by atoms with Gasteiger partial charge in [0.05, 0.1) is 17.9 Å². The first-order chi connectivity index (χ1) is 13.6. The van der Waals surface area contributed by atoms with Gasteiger partial charge >= 0.3 is 0 Å². The largest absolute Gasteiger partial charge is 0.395 e. The average Bonchev–Trinajstić information content (AvgIpc) is 2.92. The number of benzene rings is 2. The summed E-state index contributed by atoms with van der Waals surface area (Å²) in [5.41, 5.74) is 2.35. The van der Waals surface area contributed by atoms with Crippen molar-refractivity contribution in [1.29, 1.82) is 0 Å². The Morgan fingerprint density at radius 3 is 2.07 bits per heavy atom. The number of anilines is 1. The summed E-state index contributed by atoms with van der Waals surface area (Å²) in [4.78, 5) is 29.2. The van der Waals surface area contributed by atoms with Gasteiger partial charge in [-0.2, -0.15) is 0 Å². The summed E-state index contributed by atoms with van der Waals surface area (Å²) < 4.78 is 13.4. The third-order valence-electron chi connectivity index (χ3n) is 5.00. The van der Waals surface area contributed by atoms with Crippen molar-refractivity contribution in [3.8, 4) is 0 Å². The van der Waals surface area contributed by atoms with E-state index in [9.17, 15) is 19.1 Å². The van der Waals surface area contributed by atoms with Crippen LogP contribution in [-0.2, 0) is 15.0 Å². The van der Waals surface area contributed by atoms with E-state index in [0.717, 1.165) is 10.5 Å². The van der Waals surface area contributed by atoms with Gasteiger partial charge in [-0.1, -0.05) is 45.0 Å². The van der Waals surface area contributed by atoms with Gasteiger partial charge in [-0.15, -0.1) is 0 Å². The van der Waals surface area contributed by atoms with Crippen LogP contribution in [0.25, 0.3) is 5.57 Å². The Kier molecular flexibility index (Phi) is 5.57. The van der Waals surface area contributed by atoms with Crippen LogP contribution in [0, 0.1) is 5.82 Å². The number of amides is 2. The van der Waals surface area contributed by atoms with Crippen LogP contribution in [0.15, 0.2) is 54.2 Å². The van der Waals surface area contributed by atoms with Gasteiger partial charge in [0, 0.05) is 13.6 Å². The van der Waals surface area contributed by atoms with E-state index < -0.39 is 17.6 Å². The number of carbonyl (C=O) groups excluding carboxylic acids is 2. The number of aliphatic hydroxyl groups is 1. The molecule has 0 aliphatic carbocycles. The molecule has 0 radical (unpaired) electrons. The SMILES string of the molecule is CN(CCO)C1=C(c2ccc(F)cc2)C(=O)N(c2ccc(C(C)(C)C)cc2)C1=O. The molecule has 0 saturated heterocycles. The second-order valence-corrected chi connectivity index (χ2v) is 8.12. The van der Waals surface area contributed by atoms with Crippen LogP contribution >= 0.6 is 0 Å². The molecule has 1 aliphatic rings. The van der Waals surface area contributed by atoms with Gasteiger partial charge in [0.1, 0.15) is 11.5 Å². The highest BCUT2D eigenvalue weighted by Crippen LogP contribution is 2.35. The molecule has 0 aromatic heterocycles. The Hall–Kier alpha value is -2.99. The number of hydrogen-bond donors (Lipinski definition) is 1. The molecule has 0 fully saturated rings. The molecule has 1 N–H and O–H groups in total. The average molecular weight is 396 g/mol. The van der Waals surface area contributed by atoms with E-state index in [1.54, 1.807) is 24.1 Å². The summed E-state index contributed by atoms with van der Waals surface area (Å²) in [7, 11) is 1.65. The fourth-order valence-electron chi connectivity index (χ4n) is 3.36. The molecule has 2 aromatic rings. The maximum atomic E-state index is 13.4. The number of hydrogen-bond acceptors (Lipinski definition) is 4. The van der Waals surface area contributed by atoms with Crippen LogP contribution in [0.2, 0.25) is 0 Å². The highest BCUT2D eigenvalue weighted by Gasteiger charge is 2.41. The van der Waals surface area contributed by atoms with E-state index in [1.807, 2.05) is 12.1 Å². The maximum Gasteiger partial charge on any atom is 0.282 e. The van der Waals surface area contributed by atoms with Crippen molar-refractivity contribution in [2.24, 2.45) is 0 Å². The lowest BCUT2D eigenvalue weighted by Crippen LogP contribution is -2.35. The summed E-state index contributed by atoms with van der Waals surface area (Å²) in [5.74, 6) is -1.36. The van der Waals surface area contributed by atoms with Crippen LogP contribution in [0.4, 0.5) is 10.1 Å². The minimum atomic E-state index is -0.468. The maximum absolute atomic E-state index is 13.4. The van der Waals surface area contributed by atoms with Crippen molar-refractivity contribution in [1.82, 2.24) is 4.90 Å². The Bertz CT molecular complexity index is 957. The molecular formula is C23H25FN2O3. The molecule has 3 rings (SSSR count). The third-order valence-corrected chi connectivity index (χ3v) is 5.00. The standard InChI is InChI=1S/C23H25FN2O3/c1-23(2,3)16-7-11-18(12-8-16)26-21(28)19(15-5-9-17(24)10-6-15)20(22(26)29)25(4)13-14-27/h5-12,27H,13-14H2,1-4H3. The van der Waals surface area contributed by atoms with E-state index in [0.29, 0.717) is 11.3 Å². The van der Waals surface area contributed by atoms with E-state index in [1.165, 1.54) is 24.3 Å². The zero-order valence-corrected chi connectivity index (χ0v) is 17.1. The van der Waals surface area contributed by atoms with Gasteiger partial charge in [-0.05, 0) is 40.8 Å². The van der Waals surface area contributed by atoms with E-state index >= 15 is 0 Å². The first-order valence-electron chi connectivity index (χ1n) is 9.46. The van der Waals surface area contributed by atoms with Gasteiger partial charge in [0.2, 0.25) is 0 Å². The zero-order valence-electron chi connectivity index (χ0n) is 17.1. The Balaban J connectivity index is 2.06. The zero-order chi connectivity index (χ0) is 21.3. The molecule has 0 atom stereocenters. The molecule has 2 aromatic carbocycles. The van der Waals surface area contributed by atoms with E-state index in [2.05, 4.69) is 20.8 Å². The van der Waals surface area contributed by atoms with Crippen molar-refractivity contribution in [2.45, 2.75) is 26.2 Å². The van der Waals surface area contributed by atoms with Crippen LogP contribution in [0.3, 0.4) is 0 Å². The lowest BCUT2D eigenvalue weighted by Gasteiger charge is -2.22. The van der Waals surface area contributed by atoms with Gasteiger partial charge in [0.15, 0.2) is 0 Å². The second-order valence-electron chi connectivity index (χ2n) is 8.12. The molecule has 0 bridgehead atoms. The molecule has 6 heteroatoms. The molecule has 29 heavy (non-hydrogen) atoms.